The van der Waals surface area contributed by atoms with Crippen LogP contribution in [0.15, 0.2) is 79.9 Å². The van der Waals surface area contributed by atoms with Gasteiger partial charge in [-0.3, -0.25) is 4.79 Å². The number of phenols is 1. The number of hydrogen-bond acceptors (Lipinski definition) is 5. The Morgan fingerprint density at radius 3 is 2.73 bits per heavy atom. The van der Waals surface area contributed by atoms with Crippen molar-refractivity contribution < 1.29 is 9.90 Å². The number of aromatic nitrogens is 2. The summed E-state index contributed by atoms with van der Waals surface area (Å²) in [5, 5.41) is 14.8. The zero-order valence-electron chi connectivity index (χ0n) is 17.6. The van der Waals surface area contributed by atoms with E-state index in [1.165, 1.54) is 29.1 Å². The highest BCUT2D eigenvalue weighted by Gasteiger charge is 2.13. The lowest BCUT2D eigenvalue weighted by molar-refractivity contribution is -0.118. The van der Waals surface area contributed by atoms with E-state index in [-0.39, 0.29) is 17.4 Å². The van der Waals surface area contributed by atoms with Crippen LogP contribution in [0.1, 0.15) is 16.7 Å². The third-order valence-electron chi connectivity index (χ3n) is 4.86. The number of hydrogen-bond donors (Lipinski definition) is 2. The van der Waals surface area contributed by atoms with Crippen LogP contribution in [-0.2, 0) is 11.3 Å². The van der Waals surface area contributed by atoms with Crippen molar-refractivity contribution in [3.8, 4) is 5.75 Å². The number of nitrogens with zero attached hydrogens (tertiary/aromatic N) is 3. The Kier molecular flexibility index (Phi) is 7.52. The number of carbonyl (C=O) groups excluding carboxylic acids is 1. The number of benzene rings is 3. The summed E-state index contributed by atoms with van der Waals surface area (Å²) in [6.45, 7) is 2.73. The number of hydrazone groups is 1. The van der Waals surface area contributed by atoms with Crippen LogP contribution in [0.5, 0.6) is 5.75 Å². The number of para-hydroxylation sites is 2. The molecule has 0 aliphatic carbocycles. The molecule has 1 heterocycles. The Balaban J connectivity index is 1.45. The second-order valence-corrected chi connectivity index (χ2v) is 10.1. The van der Waals surface area contributed by atoms with E-state index in [1.807, 2.05) is 24.3 Å². The summed E-state index contributed by atoms with van der Waals surface area (Å²) in [6.07, 6.45) is 1.40. The van der Waals surface area contributed by atoms with E-state index < -0.39 is 0 Å². The van der Waals surface area contributed by atoms with Gasteiger partial charge in [0.25, 0.3) is 5.91 Å². The maximum Gasteiger partial charge on any atom is 0.250 e. The Hall–Kier alpha value is -2.62. The number of fused-ring (bicyclic) bond motifs is 1. The highest BCUT2D eigenvalue weighted by atomic mass is 79.9. The topological polar surface area (TPSA) is 79.5 Å². The van der Waals surface area contributed by atoms with Crippen molar-refractivity contribution in [2.75, 3.05) is 5.75 Å². The van der Waals surface area contributed by atoms with Gasteiger partial charge in [-0.25, -0.2) is 10.4 Å². The van der Waals surface area contributed by atoms with Gasteiger partial charge in [-0.15, -0.1) is 0 Å². The normalized spacial score (nSPS) is 11.4. The van der Waals surface area contributed by atoms with Gasteiger partial charge in [0.15, 0.2) is 5.16 Å². The Morgan fingerprint density at radius 2 is 1.94 bits per heavy atom. The van der Waals surface area contributed by atoms with E-state index in [4.69, 9.17) is 4.98 Å². The zero-order chi connectivity index (χ0) is 23.4. The summed E-state index contributed by atoms with van der Waals surface area (Å²) in [7, 11) is 0. The summed E-state index contributed by atoms with van der Waals surface area (Å²) < 4.78 is 3.44. The quantitative estimate of drug-likeness (QED) is 0.161. The highest BCUT2D eigenvalue weighted by Crippen LogP contribution is 2.30. The second-order valence-electron chi connectivity index (χ2n) is 7.36. The maximum absolute atomic E-state index is 12.4. The van der Waals surface area contributed by atoms with Crippen LogP contribution in [0.4, 0.5) is 0 Å². The lowest BCUT2D eigenvalue weighted by Gasteiger charge is -2.09. The molecule has 0 aliphatic rings. The predicted molar refractivity (Wildman–Crippen MR) is 140 cm³/mol. The molecular formula is C24H20Br2N4O2S. The van der Waals surface area contributed by atoms with E-state index in [1.54, 1.807) is 12.1 Å². The van der Waals surface area contributed by atoms with Crippen molar-refractivity contribution in [3.05, 3.63) is 86.3 Å². The van der Waals surface area contributed by atoms with Gasteiger partial charge in [-0.2, -0.15) is 5.10 Å². The number of nitrogens with one attached hydrogen (secondary N) is 1. The molecule has 1 aromatic heterocycles. The summed E-state index contributed by atoms with van der Waals surface area (Å²) in [4.78, 5) is 17.1. The molecule has 0 unspecified atom stereocenters. The van der Waals surface area contributed by atoms with Crippen LogP contribution in [-0.4, -0.2) is 32.5 Å². The highest BCUT2D eigenvalue weighted by molar-refractivity contribution is 9.11. The molecular weight excluding hydrogens is 568 g/mol. The molecule has 0 saturated carbocycles. The molecule has 0 radical (unpaired) electrons. The first-order valence-electron chi connectivity index (χ1n) is 10.0. The first kappa shape index (κ1) is 23.5. The molecule has 0 aliphatic heterocycles. The zero-order valence-corrected chi connectivity index (χ0v) is 21.6. The third kappa shape index (κ3) is 5.85. The van der Waals surface area contributed by atoms with Crippen LogP contribution < -0.4 is 5.43 Å². The first-order chi connectivity index (χ1) is 15.9. The number of carbonyl (C=O) groups is 1. The summed E-state index contributed by atoms with van der Waals surface area (Å²) in [5.41, 5.74) is 7.28. The van der Waals surface area contributed by atoms with Crippen LogP contribution in [0.25, 0.3) is 11.0 Å². The lowest BCUT2D eigenvalue weighted by atomic mass is 10.1. The molecule has 0 spiro atoms. The van der Waals surface area contributed by atoms with E-state index in [0.29, 0.717) is 16.6 Å². The van der Waals surface area contributed by atoms with Crippen molar-refractivity contribution in [1.29, 1.82) is 0 Å². The van der Waals surface area contributed by atoms with Crippen LogP contribution in [0.2, 0.25) is 0 Å². The average Bonchev–Trinajstić information content (AvgIpc) is 3.14. The van der Waals surface area contributed by atoms with Gasteiger partial charge in [0.05, 0.1) is 34.0 Å². The van der Waals surface area contributed by atoms with Crippen molar-refractivity contribution in [2.45, 2.75) is 18.6 Å². The predicted octanol–water partition coefficient (Wildman–Crippen LogP) is 5.87. The minimum absolute atomic E-state index is 0.0513. The Bertz CT molecular complexity index is 1340. The molecule has 3 aromatic carbocycles. The fourth-order valence-corrected chi connectivity index (χ4v) is 5.28. The molecule has 6 nitrogen and oxygen atoms in total. The minimum Gasteiger partial charge on any atom is -0.506 e. The van der Waals surface area contributed by atoms with Crippen LogP contribution >= 0.6 is 43.6 Å². The molecule has 0 fully saturated rings. The Labute approximate surface area is 212 Å². The van der Waals surface area contributed by atoms with Crippen LogP contribution in [0.3, 0.4) is 0 Å². The second kappa shape index (κ2) is 10.5. The number of halogens is 2. The molecule has 168 valence electrons. The fraction of sp³-hybridized carbons (Fsp3) is 0.125. The number of phenolic OH excluding ortho intramolecular Hbond substituents is 1. The van der Waals surface area contributed by atoms with E-state index >= 15 is 0 Å². The largest absolute Gasteiger partial charge is 0.506 e. The van der Waals surface area contributed by atoms with Gasteiger partial charge in [0.1, 0.15) is 5.75 Å². The number of amides is 1. The molecule has 4 rings (SSSR count). The fourth-order valence-electron chi connectivity index (χ4n) is 3.21. The molecule has 2 N–H and O–H groups in total. The van der Waals surface area contributed by atoms with Gasteiger partial charge >= 0.3 is 0 Å². The number of rotatable bonds is 7. The number of aryl methyl sites for hydroxylation is 1. The van der Waals surface area contributed by atoms with Gasteiger partial charge in [-0.1, -0.05) is 69.7 Å². The van der Waals surface area contributed by atoms with Gasteiger partial charge in [0.2, 0.25) is 0 Å². The molecule has 9 heteroatoms. The van der Waals surface area contributed by atoms with E-state index in [0.717, 1.165) is 20.7 Å². The molecule has 0 atom stereocenters. The standard InChI is InChI=1S/C24H20Br2N4O2S/c1-15-6-8-16(9-7-15)13-30-21-5-3-2-4-20(21)28-24(30)33-14-22(31)29-27-12-17-10-18(25)11-19(26)23(17)32/h2-12,32H,13-14H2,1H3,(H,29,31)/b27-12+. The number of aromatic hydroxyl groups is 1. The molecule has 1 amide bonds. The molecule has 0 bridgehead atoms. The average molecular weight is 588 g/mol. The van der Waals surface area contributed by atoms with Crippen LogP contribution in [0, 0.1) is 6.92 Å². The van der Waals surface area contributed by atoms with Gasteiger partial charge < -0.3 is 9.67 Å². The SMILES string of the molecule is Cc1ccc(Cn2c(SCC(=O)N/N=C/c3cc(Br)cc(Br)c3O)nc3ccccc32)cc1. The minimum atomic E-state index is -0.265. The van der Waals surface area contributed by atoms with Crippen molar-refractivity contribution in [2.24, 2.45) is 5.10 Å². The monoisotopic (exact) mass is 586 g/mol. The number of thioether (sulfide) groups is 1. The Morgan fingerprint density at radius 1 is 1.18 bits per heavy atom. The lowest BCUT2D eigenvalue weighted by Crippen LogP contribution is -2.20. The molecule has 4 aromatic rings. The van der Waals surface area contributed by atoms with E-state index in [2.05, 4.69) is 78.1 Å². The summed E-state index contributed by atoms with van der Waals surface area (Å²) in [6, 6.07) is 19.8. The van der Waals surface area contributed by atoms with Gasteiger partial charge in [0, 0.05) is 10.0 Å². The molecule has 0 saturated heterocycles. The third-order valence-corrected chi connectivity index (χ3v) is 6.90. The van der Waals surface area contributed by atoms with E-state index in [9.17, 15) is 9.90 Å². The summed E-state index contributed by atoms with van der Waals surface area (Å²) >= 11 is 8.00. The first-order valence-corrected chi connectivity index (χ1v) is 12.6. The van der Waals surface area contributed by atoms with Crippen molar-refractivity contribution >= 4 is 66.8 Å². The van der Waals surface area contributed by atoms with Crippen molar-refractivity contribution in [3.63, 3.8) is 0 Å². The number of imidazole rings is 1. The summed E-state index contributed by atoms with van der Waals surface area (Å²) in [5.74, 6) is -0.0583. The maximum atomic E-state index is 12.4. The van der Waals surface area contributed by atoms with Crippen molar-refractivity contribution in [1.82, 2.24) is 15.0 Å². The van der Waals surface area contributed by atoms with Gasteiger partial charge in [-0.05, 0) is 52.7 Å². The molecule has 33 heavy (non-hydrogen) atoms. The smallest absolute Gasteiger partial charge is 0.250 e.